The number of nitriles is 1. The molecule has 20 heavy (non-hydrogen) atoms. The minimum Gasteiger partial charge on any atom is -0.481 e. The SMILES string of the molecule is N#Cc1ccc2nc(SCC(=O)O)n(CC3CC3)c2c1. The molecular formula is C14H13N3O2S. The molecule has 0 saturated heterocycles. The highest BCUT2D eigenvalue weighted by atomic mass is 32.2. The molecule has 102 valence electrons. The van der Waals surface area contributed by atoms with Crippen molar-refractivity contribution in [3.8, 4) is 6.07 Å². The second-order valence-corrected chi connectivity index (χ2v) is 5.89. The third kappa shape index (κ3) is 2.63. The zero-order valence-corrected chi connectivity index (χ0v) is 11.6. The molecule has 0 atom stereocenters. The third-order valence-electron chi connectivity index (χ3n) is 3.30. The average molecular weight is 287 g/mol. The number of imidazole rings is 1. The van der Waals surface area contributed by atoms with Crippen LogP contribution in [0.25, 0.3) is 11.0 Å². The summed E-state index contributed by atoms with van der Waals surface area (Å²) in [4.78, 5) is 15.2. The van der Waals surface area contributed by atoms with Crippen molar-refractivity contribution >= 4 is 28.8 Å². The van der Waals surface area contributed by atoms with Gasteiger partial charge < -0.3 is 9.67 Å². The molecule has 1 aromatic heterocycles. The Kier molecular flexibility index (Phi) is 3.36. The fourth-order valence-electron chi connectivity index (χ4n) is 2.14. The molecule has 5 nitrogen and oxygen atoms in total. The summed E-state index contributed by atoms with van der Waals surface area (Å²) >= 11 is 1.23. The third-order valence-corrected chi connectivity index (χ3v) is 4.27. The van der Waals surface area contributed by atoms with Gasteiger partial charge in [-0.2, -0.15) is 5.26 Å². The van der Waals surface area contributed by atoms with Crippen molar-refractivity contribution in [1.82, 2.24) is 9.55 Å². The van der Waals surface area contributed by atoms with Gasteiger partial charge >= 0.3 is 5.97 Å². The first-order valence-electron chi connectivity index (χ1n) is 6.42. The van der Waals surface area contributed by atoms with Gasteiger partial charge in [0, 0.05) is 6.54 Å². The van der Waals surface area contributed by atoms with Crippen LogP contribution in [0, 0.1) is 17.2 Å². The lowest BCUT2D eigenvalue weighted by molar-refractivity contribution is -0.133. The number of carbonyl (C=O) groups is 1. The van der Waals surface area contributed by atoms with Crippen LogP contribution in [-0.4, -0.2) is 26.4 Å². The zero-order chi connectivity index (χ0) is 14.1. The Morgan fingerprint density at radius 3 is 3.00 bits per heavy atom. The van der Waals surface area contributed by atoms with E-state index in [0.29, 0.717) is 11.5 Å². The Hall–Kier alpha value is -2.00. The fourth-order valence-corrected chi connectivity index (χ4v) is 2.89. The van der Waals surface area contributed by atoms with Crippen molar-refractivity contribution in [1.29, 1.82) is 5.26 Å². The molecule has 0 amide bonds. The number of aromatic nitrogens is 2. The molecule has 3 rings (SSSR count). The summed E-state index contributed by atoms with van der Waals surface area (Å²) in [6.07, 6.45) is 2.42. The van der Waals surface area contributed by atoms with Crippen LogP contribution in [0.4, 0.5) is 0 Å². The van der Waals surface area contributed by atoms with Crippen LogP contribution in [-0.2, 0) is 11.3 Å². The molecule has 6 heteroatoms. The number of benzene rings is 1. The van der Waals surface area contributed by atoms with Crippen LogP contribution >= 0.6 is 11.8 Å². The van der Waals surface area contributed by atoms with Crippen LogP contribution < -0.4 is 0 Å². The summed E-state index contributed by atoms with van der Waals surface area (Å²) in [5.41, 5.74) is 2.34. The lowest BCUT2D eigenvalue weighted by atomic mass is 10.2. The smallest absolute Gasteiger partial charge is 0.313 e. The maximum atomic E-state index is 10.7. The van der Waals surface area contributed by atoms with Gasteiger partial charge in [0.05, 0.1) is 28.4 Å². The van der Waals surface area contributed by atoms with E-state index in [1.165, 1.54) is 24.6 Å². The lowest BCUT2D eigenvalue weighted by Crippen LogP contribution is -2.04. The average Bonchev–Trinajstić information content (AvgIpc) is 3.18. The van der Waals surface area contributed by atoms with Crippen LogP contribution in [0.1, 0.15) is 18.4 Å². The highest BCUT2D eigenvalue weighted by Gasteiger charge is 2.24. The highest BCUT2D eigenvalue weighted by Crippen LogP contribution is 2.34. The Balaban J connectivity index is 2.02. The van der Waals surface area contributed by atoms with Crippen molar-refractivity contribution in [2.75, 3.05) is 5.75 Å². The summed E-state index contributed by atoms with van der Waals surface area (Å²) in [6.45, 7) is 0.854. The molecule has 0 spiro atoms. The molecule has 0 aliphatic heterocycles. The number of thioether (sulfide) groups is 1. The summed E-state index contributed by atoms with van der Waals surface area (Å²) < 4.78 is 2.06. The number of aliphatic carboxylic acids is 1. The number of rotatable bonds is 5. The number of nitrogens with zero attached hydrogens (tertiary/aromatic N) is 3. The molecular weight excluding hydrogens is 274 g/mol. The first-order chi connectivity index (χ1) is 9.67. The second kappa shape index (κ2) is 5.17. The maximum Gasteiger partial charge on any atom is 0.313 e. The van der Waals surface area contributed by atoms with Crippen molar-refractivity contribution in [3.05, 3.63) is 23.8 Å². The van der Waals surface area contributed by atoms with Crippen LogP contribution in [0.2, 0.25) is 0 Å². The summed E-state index contributed by atoms with van der Waals surface area (Å²) in [6, 6.07) is 7.52. The van der Waals surface area contributed by atoms with Gasteiger partial charge in [-0.15, -0.1) is 0 Å². The molecule has 1 aliphatic carbocycles. The standard InChI is InChI=1S/C14H13N3O2S/c15-6-10-3-4-11-12(5-10)17(7-9-1-2-9)14(16-11)20-8-13(18)19/h3-5,9H,1-2,7-8H2,(H,18,19). The molecule has 1 aliphatic rings. The number of carboxylic acid groups (broad SMARTS) is 1. The Labute approximate surface area is 120 Å². The van der Waals surface area contributed by atoms with E-state index in [1.807, 2.05) is 12.1 Å². The molecule has 1 heterocycles. The quantitative estimate of drug-likeness (QED) is 0.855. The Morgan fingerprint density at radius 2 is 2.35 bits per heavy atom. The monoisotopic (exact) mass is 287 g/mol. The molecule has 1 N–H and O–H groups in total. The first-order valence-corrected chi connectivity index (χ1v) is 7.41. The van der Waals surface area contributed by atoms with Crippen molar-refractivity contribution in [2.45, 2.75) is 24.5 Å². The largest absolute Gasteiger partial charge is 0.481 e. The van der Waals surface area contributed by atoms with Gasteiger partial charge in [0.25, 0.3) is 0 Å². The first kappa shape index (κ1) is 13.0. The molecule has 1 fully saturated rings. The van der Waals surface area contributed by atoms with Gasteiger partial charge in [0.1, 0.15) is 0 Å². The van der Waals surface area contributed by atoms with E-state index < -0.39 is 5.97 Å². The number of hydrogen-bond acceptors (Lipinski definition) is 4. The Bertz CT molecular complexity index is 713. The van der Waals surface area contributed by atoms with E-state index in [-0.39, 0.29) is 5.75 Å². The molecule has 2 aromatic rings. The van der Waals surface area contributed by atoms with Gasteiger partial charge in [-0.3, -0.25) is 4.79 Å². The summed E-state index contributed by atoms with van der Waals surface area (Å²) in [5.74, 6) is -0.195. The van der Waals surface area contributed by atoms with Gasteiger partial charge in [-0.1, -0.05) is 11.8 Å². The predicted molar refractivity (Wildman–Crippen MR) is 75.5 cm³/mol. The topological polar surface area (TPSA) is 78.9 Å². The van der Waals surface area contributed by atoms with Crippen molar-refractivity contribution in [2.24, 2.45) is 5.92 Å². The number of carboxylic acids is 1. The summed E-state index contributed by atoms with van der Waals surface area (Å²) in [7, 11) is 0. The molecule has 1 saturated carbocycles. The maximum absolute atomic E-state index is 10.7. The van der Waals surface area contributed by atoms with Gasteiger partial charge in [0.2, 0.25) is 0 Å². The minimum atomic E-state index is -0.849. The normalized spacial score (nSPS) is 14.3. The molecule has 0 radical (unpaired) electrons. The molecule has 1 aromatic carbocycles. The number of fused-ring (bicyclic) bond motifs is 1. The van der Waals surface area contributed by atoms with E-state index in [0.717, 1.165) is 22.7 Å². The second-order valence-electron chi connectivity index (χ2n) is 4.95. The molecule has 0 bridgehead atoms. The van der Waals surface area contributed by atoms with E-state index in [1.54, 1.807) is 6.07 Å². The number of hydrogen-bond donors (Lipinski definition) is 1. The summed E-state index contributed by atoms with van der Waals surface area (Å²) in [5, 5.41) is 18.5. The lowest BCUT2D eigenvalue weighted by Gasteiger charge is -2.07. The van der Waals surface area contributed by atoms with Crippen LogP contribution in [0.15, 0.2) is 23.4 Å². The fraction of sp³-hybridized carbons (Fsp3) is 0.357. The van der Waals surface area contributed by atoms with E-state index in [2.05, 4.69) is 15.6 Å². The van der Waals surface area contributed by atoms with Crippen molar-refractivity contribution in [3.63, 3.8) is 0 Å². The van der Waals surface area contributed by atoms with E-state index in [4.69, 9.17) is 10.4 Å². The van der Waals surface area contributed by atoms with Gasteiger partial charge in [-0.25, -0.2) is 4.98 Å². The Morgan fingerprint density at radius 1 is 1.55 bits per heavy atom. The predicted octanol–water partition coefficient (Wildman–Crippen LogP) is 2.49. The molecule has 0 unspecified atom stereocenters. The van der Waals surface area contributed by atoms with E-state index in [9.17, 15) is 4.79 Å². The van der Waals surface area contributed by atoms with Crippen LogP contribution in [0.3, 0.4) is 0 Å². The van der Waals surface area contributed by atoms with Crippen molar-refractivity contribution < 1.29 is 9.90 Å². The van der Waals surface area contributed by atoms with Crippen LogP contribution in [0.5, 0.6) is 0 Å². The van der Waals surface area contributed by atoms with Gasteiger partial charge in [0.15, 0.2) is 5.16 Å². The zero-order valence-electron chi connectivity index (χ0n) is 10.7. The van der Waals surface area contributed by atoms with Gasteiger partial charge in [-0.05, 0) is 37.0 Å². The highest BCUT2D eigenvalue weighted by molar-refractivity contribution is 7.99. The minimum absolute atomic E-state index is 0.000897. The van der Waals surface area contributed by atoms with E-state index >= 15 is 0 Å².